The number of hydrogen-bond donors (Lipinski definition) is 3. The maximum Gasteiger partial charge on any atom is 0.0577 e. The molecular formula is C10H11BrN4. The van der Waals surface area contributed by atoms with Gasteiger partial charge in [0.1, 0.15) is 0 Å². The molecule has 0 saturated heterocycles. The van der Waals surface area contributed by atoms with Crippen LogP contribution >= 0.6 is 15.9 Å². The fourth-order valence-electron chi connectivity index (χ4n) is 1.27. The van der Waals surface area contributed by atoms with E-state index in [9.17, 15) is 0 Å². The average Bonchev–Trinajstić information content (AvgIpc) is 2.69. The lowest BCUT2D eigenvalue weighted by atomic mass is 10.2. The summed E-state index contributed by atoms with van der Waals surface area (Å²) >= 11 is 3.36. The minimum absolute atomic E-state index is 0.711. The molecule has 4 nitrogen and oxygen atoms in total. The molecule has 0 bridgehead atoms. The lowest BCUT2D eigenvalue weighted by Crippen LogP contribution is -2.01. The summed E-state index contributed by atoms with van der Waals surface area (Å²) in [5.74, 6) is 0. The van der Waals surface area contributed by atoms with E-state index in [1.807, 2.05) is 24.4 Å². The van der Waals surface area contributed by atoms with Gasteiger partial charge in [0.05, 0.1) is 17.6 Å². The van der Waals surface area contributed by atoms with Crippen molar-refractivity contribution < 1.29 is 0 Å². The standard InChI is InChI=1S/C10H11BrN4/c11-8-1-2-10(9(12)3-8)13-4-7-5-14-15-6-7/h1-3,5-6,13H,4,12H2,(H,14,15). The Morgan fingerprint density at radius 3 is 3.00 bits per heavy atom. The summed E-state index contributed by atoms with van der Waals surface area (Å²) in [7, 11) is 0. The van der Waals surface area contributed by atoms with E-state index in [0.717, 1.165) is 21.4 Å². The van der Waals surface area contributed by atoms with Gasteiger partial charge in [0.2, 0.25) is 0 Å². The Morgan fingerprint density at radius 1 is 1.47 bits per heavy atom. The fourth-order valence-corrected chi connectivity index (χ4v) is 1.64. The highest BCUT2D eigenvalue weighted by Crippen LogP contribution is 2.23. The van der Waals surface area contributed by atoms with Crippen LogP contribution in [0.1, 0.15) is 5.56 Å². The number of H-pyrrole nitrogens is 1. The van der Waals surface area contributed by atoms with E-state index < -0.39 is 0 Å². The summed E-state index contributed by atoms with van der Waals surface area (Å²) in [6.45, 7) is 0.711. The molecule has 0 saturated carbocycles. The van der Waals surface area contributed by atoms with Crippen LogP contribution < -0.4 is 11.1 Å². The van der Waals surface area contributed by atoms with Crippen LogP contribution in [0.2, 0.25) is 0 Å². The van der Waals surface area contributed by atoms with Crippen LogP contribution in [0.15, 0.2) is 35.1 Å². The molecule has 2 aromatic rings. The summed E-state index contributed by atoms with van der Waals surface area (Å²) in [6.07, 6.45) is 3.63. The Hall–Kier alpha value is -1.49. The van der Waals surface area contributed by atoms with Crippen molar-refractivity contribution in [2.24, 2.45) is 0 Å². The predicted molar refractivity (Wildman–Crippen MR) is 64.5 cm³/mol. The Bertz CT molecular complexity index is 439. The summed E-state index contributed by atoms with van der Waals surface area (Å²) in [5, 5.41) is 9.86. The highest BCUT2D eigenvalue weighted by molar-refractivity contribution is 9.10. The van der Waals surface area contributed by atoms with E-state index in [2.05, 4.69) is 31.4 Å². The molecule has 0 aliphatic carbocycles. The molecule has 1 heterocycles. The minimum atomic E-state index is 0.711. The topological polar surface area (TPSA) is 66.7 Å². The van der Waals surface area contributed by atoms with Crippen LogP contribution in [0.25, 0.3) is 0 Å². The van der Waals surface area contributed by atoms with E-state index in [-0.39, 0.29) is 0 Å². The molecule has 0 spiro atoms. The molecule has 78 valence electrons. The summed E-state index contributed by atoms with van der Waals surface area (Å²) < 4.78 is 0.980. The van der Waals surface area contributed by atoms with Crippen molar-refractivity contribution in [1.29, 1.82) is 0 Å². The minimum Gasteiger partial charge on any atom is -0.397 e. The smallest absolute Gasteiger partial charge is 0.0577 e. The van der Waals surface area contributed by atoms with Crippen molar-refractivity contribution in [1.82, 2.24) is 10.2 Å². The molecule has 1 aromatic heterocycles. The van der Waals surface area contributed by atoms with E-state index in [4.69, 9.17) is 5.73 Å². The first-order chi connectivity index (χ1) is 7.25. The van der Waals surface area contributed by atoms with Crippen molar-refractivity contribution in [3.63, 3.8) is 0 Å². The van der Waals surface area contributed by atoms with Crippen molar-refractivity contribution in [2.45, 2.75) is 6.54 Å². The largest absolute Gasteiger partial charge is 0.397 e. The van der Waals surface area contributed by atoms with Crippen LogP contribution in [0, 0.1) is 0 Å². The molecule has 0 fully saturated rings. The first kappa shape index (κ1) is 10.0. The highest BCUT2D eigenvalue weighted by Gasteiger charge is 1.99. The molecule has 15 heavy (non-hydrogen) atoms. The number of nitrogens with zero attached hydrogens (tertiary/aromatic N) is 1. The second kappa shape index (κ2) is 4.35. The van der Waals surface area contributed by atoms with Gasteiger partial charge in [-0.25, -0.2) is 0 Å². The van der Waals surface area contributed by atoms with Gasteiger partial charge < -0.3 is 11.1 Å². The van der Waals surface area contributed by atoms with Gasteiger partial charge in [-0.2, -0.15) is 5.10 Å². The first-order valence-corrected chi connectivity index (χ1v) is 5.31. The van der Waals surface area contributed by atoms with E-state index in [1.54, 1.807) is 6.20 Å². The third-order valence-electron chi connectivity index (χ3n) is 2.05. The number of aromatic amines is 1. The molecule has 0 aliphatic rings. The zero-order valence-corrected chi connectivity index (χ0v) is 9.58. The third kappa shape index (κ3) is 2.50. The van der Waals surface area contributed by atoms with Crippen molar-refractivity contribution in [3.8, 4) is 0 Å². The van der Waals surface area contributed by atoms with Crippen LogP contribution in [0.4, 0.5) is 11.4 Å². The number of aromatic nitrogens is 2. The SMILES string of the molecule is Nc1cc(Br)ccc1NCc1cn[nH]c1. The van der Waals surface area contributed by atoms with Crippen LogP contribution in [0.5, 0.6) is 0 Å². The van der Waals surface area contributed by atoms with Crippen molar-refractivity contribution in [3.05, 3.63) is 40.6 Å². The number of nitrogens with one attached hydrogen (secondary N) is 2. The second-order valence-corrected chi connectivity index (χ2v) is 4.11. The van der Waals surface area contributed by atoms with Gasteiger partial charge in [-0.15, -0.1) is 0 Å². The number of hydrogen-bond acceptors (Lipinski definition) is 3. The predicted octanol–water partition coefficient (Wildman–Crippen LogP) is 2.37. The molecule has 5 heteroatoms. The molecular weight excluding hydrogens is 256 g/mol. The molecule has 2 rings (SSSR count). The quantitative estimate of drug-likeness (QED) is 0.748. The highest BCUT2D eigenvalue weighted by atomic mass is 79.9. The Balaban J connectivity index is 2.05. The average molecular weight is 267 g/mol. The second-order valence-electron chi connectivity index (χ2n) is 3.19. The van der Waals surface area contributed by atoms with E-state index in [1.165, 1.54) is 0 Å². The Labute approximate surface area is 96.0 Å². The summed E-state index contributed by atoms with van der Waals surface area (Å²) in [5.41, 5.74) is 8.60. The molecule has 4 N–H and O–H groups in total. The fraction of sp³-hybridized carbons (Fsp3) is 0.100. The van der Waals surface area contributed by atoms with Gasteiger partial charge >= 0.3 is 0 Å². The van der Waals surface area contributed by atoms with Crippen molar-refractivity contribution >= 4 is 27.3 Å². The molecule has 0 radical (unpaired) electrons. The molecule has 0 amide bonds. The number of nitrogen functional groups attached to an aromatic ring is 1. The lowest BCUT2D eigenvalue weighted by molar-refractivity contribution is 1.09. The normalized spacial score (nSPS) is 10.2. The number of halogens is 1. The summed E-state index contributed by atoms with van der Waals surface area (Å²) in [6, 6.07) is 5.77. The maximum atomic E-state index is 5.84. The number of nitrogens with two attached hydrogens (primary N) is 1. The molecule has 0 unspecified atom stereocenters. The maximum absolute atomic E-state index is 5.84. The van der Waals surface area contributed by atoms with Gasteiger partial charge in [0, 0.05) is 22.8 Å². The van der Waals surface area contributed by atoms with Gasteiger partial charge in [-0.3, -0.25) is 5.10 Å². The summed E-state index contributed by atoms with van der Waals surface area (Å²) in [4.78, 5) is 0. The zero-order valence-electron chi connectivity index (χ0n) is 8.00. The third-order valence-corrected chi connectivity index (χ3v) is 2.54. The van der Waals surface area contributed by atoms with Gasteiger partial charge in [0.25, 0.3) is 0 Å². The zero-order chi connectivity index (χ0) is 10.7. The molecule has 0 aliphatic heterocycles. The van der Waals surface area contributed by atoms with E-state index in [0.29, 0.717) is 6.54 Å². The van der Waals surface area contributed by atoms with Crippen molar-refractivity contribution in [2.75, 3.05) is 11.1 Å². The van der Waals surface area contributed by atoms with Gasteiger partial charge in [-0.1, -0.05) is 15.9 Å². The number of rotatable bonds is 3. The number of anilines is 2. The monoisotopic (exact) mass is 266 g/mol. The van der Waals surface area contributed by atoms with E-state index >= 15 is 0 Å². The number of benzene rings is 1. The Morgan fingerprint density at radius 2 is 2.33 bits per heavy atom. The van der Waals surface area contributed by atoms with Crippen LogP contribution in [-0.2, 0) is 6.54 Å². The first-order valence-electron chi connectivity index (χ1n) is 4.52. The van der Waals surface area contributed by atoms with Gasteiger partial charge in [0.15, 0.2) is 0 Å². The van der Waals surface area contributed by atoms with Gasteiger partial charge in [-0.05, 0) is 18.2 Å². The molecule has 0 atom stereocenters. The Kier molecular flexibility index (Phi) is 2.91. The lowest BCUT2D eigenvalue weighted by Gasteiger charge is -2.08. The van der Waals surface area contributed by atoms with Crippen LogP contribution in [0.3, 0.4) is 0 Å². The van der Waals surface area contributed by atoms with Crippen LogP contribution in [-0.4, -0.2) is 10.2 Å². The molecule has 1 aromatic carbocycles.